The number of ether oxygens (including phenoxy) is 3. The molecule has 0 aliphatic heterocycles. The summed E-state index contributed by atoms with van der Waals surface area (Å²) in [7, 11) is 1.18. The Bertz CT molecular complexity index is 819. The lowest BCUT2D eigenvalue weighted by Crippen LogP contribution is -2.20. The number of benzene rings is 2. The monoisotopic (exact) mass is 361 g/mol. The number of halogens is 1. The Labute approximate surface area is 148 Å². The topological polar surface area (TPSA) is 90.9 Å². The largest absolute Gasteiger partial charge is 0.484 e. The van der Waals surface area contributed by atoms with Crippen molar-refractivity contribution in [3.05, 3.63) is 53.8 Å². The van der Waals surface area contributed by atoms with Gasteiger partial charge in [-0.1, -0.05) is 0 Å². The Morgan fingerprint density at radius 1 is 1.08 bits per heavy atom. The van der Waals surface area contributed by atoms with Gasteiger partial charge in [0, 0.05) is 12.6 Å². The van der Waals surface area contributed by atoms with Crippen LogP contribution < -0.4 is 14.8 Å². The first-order valence-corrected chi connectivity index (χ1v) is 7.48. The van der Waals surface area contributed by atoms with Gasteiger partial charge in [-0.25, -0.2) is 9.18 Å². The fourth-order valence-corrected chi connectivity index (χ4v) is 2.00. The minimum Gasteiger partial charge on any atom is -0.484 e. The second-order valence-corrected chi connectivity index (χ2v) is 5.09. The SMILES string of the molecule is COC(=O)c1cc(NC(=O)COc2ccc(F)cc2)ccc1OC(C)=O. The highest BCUT2D eigenvalue weighted by Crippen LogP contribution is 2.24. The number of methoxy groups -OCH3 is 1. The van der Waals surface area contributed by atoms with Crippen molar-refractivity contribution in [2.45, 2.75) is 6.92 Å². The van der Waals surface area contributed by atoms with Crippen molar-refractivity contribution in [3.63, 3.8) is 0 Å². The zero-order chi connectivity index (χ0) is 19.1. The summed E-state index contributed by atoms with van der Waals surface area (Å²) in [4.78, 5) is 34.9. The number of rotatable bonds is 6. The fourth-order valence-electron chi connectivity index (χ4n) is 2.00. The summed E-state index contributed by atoms with van der Waals surface area (Å²) in [6, 6.07) is 9.36. The average Bonchev–Trinajstić information content (AvgIpc) is 2.61. The third-order valence-corrected chi connectivity index (χ3v) is 3.11. The quantitative estimate of drug-likeness (QED) is 0.628. The molecule has 0 fully saturated rings. The van der Waals surface area contributed by atoms with Crippen molar-refractivity contribution >= 4 is 23.5 Å². The lowest BCUT2D eigenvalue weighted by atomic mass is 10.1. The third kappa shape index (κ3) is 5.30. The fraction of sp³-hybridized carbons (Fsp3) is 0.167. The molecule has 2 rings (SSSR count). The van der Waals surface area contributed by atoms with Crippen LogP contribution in [0.1, 0.15) is 17.3 Å². The molecule has 136 valence electrons. The lowest BCUT2D eigenvalue weighted by molar-refractivity contribution is -0.131. The van der Waals surface area contributed by atoms with E-state index in [0.717, 1.165) is 0 Å². The van der Waals surface area contributed by atoms with Crippen molar-refractivity contribution in [2.75, 3.05) is 19.0 Å². The molecule has 0 aliphatic rings. The Morgan fingerprint density at radius 2 is 1.77 bits per heavy atom. The number of hydrogen-bond donors (Lipinski definition) is 1. The highest BCUT2D eigenvalue weighted by Gasteiger charge is 2.16. The van der Waals surface area contributed by atoms with E-state index in [9.17, 15) is 18.8 Å². The van der Waals surface area contributed by atoms with Gasteiger partial charge in [0.25, 0.3) is 5.91 Å². The minimum atomic E-state index is -0.722. The summed E-state index contributed by atoms with van der Waals surface area (Å²) in [5, 5.41) is 2.54. The summed E-state index contributed by atoms with van der Waals surface area (Å²) < 4.78 is 27.6. The average molecular weight is 361 g/mol. The molecule has 2 aromatic carbocycles. The van der Waals surface area contributed by atoms with E-state index in [4.69, 9.17) is 9.47 Å². The zero-order valence-corrected chi connectivity index (χ0v) is 14.1. The van der Waals surface area contributed by atoms with Gasteiger partial charge in [0.05, 0.1) is 7.11 Å². The van der Waals surface area contributed by atoms with Crippen LogP contribution in [-0.4, -0.2) is 31.6 Å². The normalized spacial score (nSPS) is 9.96. The van der Waals surface area contributed by atoms with E-state index < -0.39 is 23.7 Å². The van der Waals surface area contributed by atoms with E-state index in [1.165, 1.54) is 56.5 Å². The van der Waals surface area contributed by atoms with Gasteiger partial charge < -0.3 is 19.5 Å². The highest BCUT2D eigenvalue weighted by molar-refractivity contribution is 5.97. The van der Waals surface area contributed by atoms with E-state index in [1.807, 2.05) is 0 Å². The number of carbonyl (C=O) groups is 3. The molecule has 1 N–H and O–H groups in total. The molecule has 0 aliphatic carbocycles. The molecular formula is C18H16FNO6. The maximum atomic E-state index is 12.8. The molecular weight excluding hydrogens is 345 g/mol. The lowest BCUT2D eigenvalue weighted by Gasteiger charge is -2.11. The summed E-state index contributed by atoms with van der Waals surface area (Å²) in [5.41, 5.74) is 0.272. The van der Waals surface area contributed by atoms with Crippen LogP contribution in [-0.2, 0) is 14.3 Å². The number of anilines is 1. The summed E-state index contributed by atoms with van der Waals surface area (Å²) >= 11 is 0. The van der Waals surface area contributed by atoms with Crippen LogP contribution in [0.25, 0.3) is 0 Å². The van der Waals surface area contributed by atoms with Crippen LogP contribution in [0.4, 0.5) is 10.1 Å². The molecule has 0 radical (unpaired) electrons. The smallest absolute Gasteiger partial charge is 0.341 e. The van der Waals surface area contributed by atoms with Gasteiger partial charge in [0.1, 0.15) is 22.9 Å². The highest BCUT2D eigenvalue weighted by atomic mass is 19.1. The molecule has 0 saturated carbocycles. The molecule has 26 heavy (non-hydrogen) atoms. The van der Waals surface area contributed by atoms with Gasteiger partial charge in [-0.3, -0.25) is 9.59 Å². The van der Waals surface area contributed by atoms with Gasteiger partial charge >= 0.3 is 11.9 Å². The molecule has 7 nitrogen and oxygen atoms in total. The van der Waals surface area contributed by atoms with Gasteiger partial charge in [0.2, 0.25) is 0 Å². The first kappa shape index (κ1) is 18.9. The number of amides is 1. The van der Waals surface area contributed by atoms with Gasteiger partial charge in [-0.05, 0) is 42.5 Å². The molecule has 0 aromatic heterocycles. The van der Waals surface area contributed by atoms with E-state index in [-0.39, 0.29) is 23.6 Å². The second-order valence-electron chi connectivity index (χ2n) is 5.09. The maximum absolute atomic E-state index is 12.8. The Balaban J connectivity index is 2.05. The Hall–Kier alpha value is -3.42. The van der Waals surface area contributed by atoms with Crippen molar-refractivity contribution in [1.29, 1.82) is 0 Å². The molecule has 0 unspecified atom stereocenters. The van der Waals surface area contributed by atoms with Crippen LogP contribution in [0.2, 0.25) is 0 Å². The molecule has 2 aromatic rings. The van der Waals surface area contributed by atoms with Crippen LogP contribution in [0.3, 0.4) is 0 Å². The Kier molecular flexibility index (Phi) is 6.26. The molecule has 0 heterocycles. The predicted molar refractivity (Wildman–Crippen MR) is 89.6 cm³/mol. The van der Waals surface area contributed by atoms with E-state index in [0.29, 0.717) is 5.75 Å². The van der Waals surface area contributed by atoms with Crippen molar-refractivity contribution < 1.29 is 33.0 Å². The predicted octanol–water partition coefficient (Wildman–Crippen LogP) is 2.56. The van der Waals surface area contributed by atoms with Gasteiger partial charge in [-0.15, -0.1) is 0 Å². The molecule has 1 amide bonds. The number of esters is 2. The van der Waals surface area contributed by atoms with Crippen LogP contribution in [0, 0.1) is 5.82 Å². The first-order valence-electron chi connectivity index (χ1n) is 7.48. The van der Waals surface area contributed by atoms with Crippen molar-refractivity contribution in [1.82, 2.24) is 0 Å². The minimum absolute atomic E-state index is 0.0139. The van der Waals surface area contributed by atoms with Gasteiger partial charge in [0.15, 0.2) is 6.61 Å². The first-order chi connectivity index (χ1) is 12.4. The molecule has 0 saturated heterocycles. The van der Waals surface area contributed by atoms with Crippen molar-refractivity contribution in [3.8, 4) is 11.5 Å². The van der Waals surface area contributed by atoms with E-state index in [1.54, 1.807) is 0 Å². The summed E-state index contributed by atoms with van der Waals surface area (Å²) in [6.07, 6.45) is 0. The van der Waals surface area contributed by atoms with Crippen LogP contribution >= 0.6 is 0 Å². The molecule has 0 spiro atoms. The van der Waals surface area contributed by atoms with Gasteiger partial charge in [-0.2, -0.15) is 0 Å². The second kappa shape index (κ2) is 8.61. The van der Waals surface area contributed by atoms with E-state index >= 15 is 0 Å². The van der Waals surface area contributed by atoms with Crippen molar-refractivity contribution in [2.24, 2.45) is 0 Å². The number of carbonyl (C=O) groups excluding carboxylic acids is 3. The maximum Gasteiger partial charge on any atom is 0.341 e. The molecule has 0 bridgehead atoms. The van der Waals surface area contributed by atoms with E-state index in [2.05, 4.69) is 10.1 Å². The zero-order valence-electron chi connectivity index (χ0n) is 14.1. The Morgan fingerprint density at radius 3 is 2.38 bits per heavy atom. The van der Waals surface area contributed by atoms with Crippen LogP contribution in [0.5, 0.6) is 11.5 Å². The number of nitrogens with one attached hydrogen (secondary N) is 1. The van der Waals surface area contributed by atoms with Crippen LogP contribution in [0.15, 0.2) is 42.5 Å². The summed E-state index contributed by atoms with van der Waals surface area (Å²) in [6.45, 7) is 0.883. The molecule has 0 atom stereocenters. The number of hydrogen-bond acceptors (Lipinski definition) is 6. The third-order valence-electron chi connectivity index (χ3n) is 3.11. The summed E-state index contributed by atoms with van der Waals surface area (Å²) in [5.74, 6) is -1.87. The standard InChI is InChI=1S/C18H16FNO6/c1-11(21)26-16-8-5-13(9-15(16)18(23)24-2)20-17(22)10-25-14-6-3-12(19)4-7-14/h3-9H,10H2,1-2H3,(H,20,22). The molecule has 8 heteroatoms.